The van der Waals surface area contributed by atoms with E-state index in [0.29, 0.717) is 58.4 Å². The Labute approximate surface area is 471 Å². The van der Waals surface area contributed by atoms with Gasteiger partial charge < -0.3 is 53.2 Å². The number of nitrogens with one attached hydrogen (secondary N) is 4. The number of ketones is 1. The highest BCUT2D eigenvalue weighted by Crippen LogP contribution is 2.35. The van der Waals surface area contributed by atoms with E-state index < -0.39 is 72.2 Å². The Kier molecular flexibility index (Phi) is 18.3. The minimum atomic E-state index is -4.17. The van der Waals surface area contributed by atoms with Crippen molar-refractivity contribution in [1.29, 1.82) is 0 Å². The van der Waals surface area contributed by atoms with E-state index in [1.54, 1.807) is 95.3 Å². The van der Waals surface area contributed by atoms with Crippen LogP contribution in [0.15, 0.2) is 125 Å². The molecular weight excluding hydrogens is 1060 g/mol. The fourth-order valence-corrected chi connectivity index (χ4v) is 9.24. The molecule has 4 heterocycles. The molecule has 1 atom stereocenters. The van der Waals surface area contributed by atoms with Crippen molar-refractivity contribution in [2.75, 3.05) is 32.1 Å². The number of Topliss-reactive ketones (excluding diaryl/α,β-unsaturated/α-hetero) is 1. The van der Waals surface area contributed by atoms with Crippen LogP contribution in [0.1, 0.15) is 102 Å². The number of aromatic nitrogens is 4. The van der Waals surface area contributed by atoms with Crippen molar-refractivity contribution in [3.63, 3.8) is 0 Å². The number of ether oxygens (including phenoxy) is 2. The summed E-state index contributed by atoms with van der Waals surface area (Å²) in [5, 5.41) is 27.5. The van der Waals surface area contributed by atoms with Crippen LogP contribution in [0.4, 0.5) is 39.3 Å². The lowest BCUT2D eigenvalue weighted by molar-refractivity contribution is -0.362. The number of carbonyl (C=O) groups is 5. The molecule has 0 radical (unpaired) electrons. The highest BCUT2D eigenvalue weighted by molar-refractivity contribution is 6.58. The van der Waals surface area contributed by atoms with Gasteiger partial charge in [0.25, 0.3) is 11.8 Å². The summed E-state index contributed by atoms with van der Waals surface area (Å²) in [7, 11) is 3.87. The summed E-state index contributed by atoms with van der Waals surface area (Å²) in [5.41, 5.74) is 5.02. The minimum Gasteiger partial charge on any atom is -0.480 e. The van der Waals surface area contributed by atoms with E-state index in [2.05, 4.69) is 41.8 Å². The number of anilines is 1. The number of nitrogens with zero attached hydrogens (tertiary/aromatic N) is 8. The second kappa shape index (κ2) is 25.5. The molecule has 428 valence electrons. The van der Waals surface area contributed by atoms with Gasteiger partial charge in [-0.25, -0.2) is 18.3 Å². The van der Waals surface area contributed by atoms with Gasteiger partial charge in [0.2, 0.25) is 5.91 Å². The number of aryl methyl sites for hydroxylation is 2. The van der Waals surface area contributed by atoms with Crippen molar-refractivity contribution in [3.05, 3.63) is 166 Å². The van der Waals surface area contributed by atoms with Crippen LogP contribution < -0.4 is 30.9 Å². The average molecular weight is 1130 g/mol. The number of amides is 4. The summed E-state index contributed by atoms with van der Waals surface area (Å²) in [6.07, 6.45) is 6.61. The van der Waals surface area contributed by atoms with Crippen LogP contribution in [0.3, 0.4) is 0 Å². The first-order chi connectivity index (χ1) is 39.0. The van der Waals surface area contributed by atoms with Crippen LogP contribution in [-0.2, 0) is 27.4 Å². The monoisotopic (exact) mass is 1130 g/mol. The van der Waals surface area contributed by atoms with Crippen LogP contribution in [0.25, 0.3) is 11.8 Å². The standard InChI is InChI=1S/C58H63BF4N12O7/c1-36-27-37(2)74-51(36)31-47-23-22-45(75(47)59(74,62)63)24-25-53(77)65-33-43-34-73(71-70-43)46-12-10-11-40(30-46)56(79)67-50(13-8-9-26-64-57(80)82-58(3,4)5)52(76)35-81-54-48(60)28-38(29-49(54)61)32-66-55(78)39-14-16-41(17-15-39)68-69-42-18-20-44(21-19-42)72(6)7/h10-12,14-23,27-31,34,50H,8-9,13,24-26,32-33,35H2,1-7H3,(H,64,80)(H,65,77)(H,66,78)(H,67,79)/t50-/m0/s1. The lowest BCUT2D eigenvalue weighted by Gasteiger charge is -2.30. The number of benzene rings is 4. The summed E-state index contributed by atoms with van der Waals surface area (Å²) in [5.74, 6) is -5.38. The number of alkyl carbamates (subject to hydrolysis) is 1. The fraction of sp³-hybridized carbons (Fsp3) is 0.310. The van der Waals surface area contributed by atoms with E-state index >= 15 is 17.4 Å². The van der Waals surface area contributed by atoms with Crippen molar-refractivity contribution in [2.24, 2.45) is 10.2 Å². The molecule has 0 bridgehead atoms. The number of hydrogen-bond donors (Lipinski definition) is 4. The highest BCUT2D eigenvalue weighted by atomic mass is 19.2. The van der Waals surface area contributed by atoms with E-state index in [4.69, 9.17) is 9.47 Å². The van der Waals surface area contributed by atoms with E-state index in [-0.39, 0.29) is 55.6 Å². The summed E-state index contributed by atoms with van der Waals surface area (Å²) >= 11 is 0. The Hall–Kier alpha value is -9.22. The molecular formula is C58H63BF4N12O7. The van der Waals surface area contributed by atoms with Gasteiger partial charge in [-0.1, -0.05) is 11.3 Å². The second-order valence-electron chi connectivity index (χ2n) is 21.0. The molecule has 2 aliphatic rings. The number of halogens is 4. The number of fused-ring (bicyclic) bond motifs is 2. The molecule has 2 aromatic heterocycles. The fourth-order valence-electron chi connectivity index (χ4n) is 9.24. The molecule has 0 aliphatic carbocycles. The maximum Gasteiger partial charge on any atom is 0.737 e. The van der Waals surface area contributed by atoms with E-state index in [1.807, 2.05) is 43.3 Å². The molecule has 19 nitrogen and oxygen atoms in total. The zero-order valence-electron chi connectivity index (χ0n) is 46.4. The van der Waals surface area contributed by atoms with E-state index in [0.717, 1.165) is 32.3 Å². The summed E-state index contributed by atoms with van der Waals surface area (Å²) in [6.45, 7) is 3.52. The van der Waals surface area contributed by atoms with E-state index in [9.17, 15) is 24.0 Å². The number of unbranched alkanes of at least 4 members (excludes halogenated alkanes) is 1. The third kappa shape index (κ3) is 14.8. The smallest absolute Gasteiger partial charge is 0.480 e. The molecule has 4 aromatic carbocycles. The molecule has 0 saturated carbocycles. The maximum atomic E-state index is 15.9. The number of allylic oxidation sites excluding steroid dienone is 2. The van der Waals surface area contributed by atoms with Gasteiger partial charge in [-0.2, -0.15) is 10.2 Å². The third-order valence-electron chi connectivity index (χ3n) is 13.3. The zero-order valence-corrected chi connectivity index (χ0v) is 46.4. The molecule has 0 saturated heterocycles. The molecule has 4 amide bonds. The Balaban J connectivity index is 0.850. The molecule has 4 N–H and O–H groups in total. The molecule has 82 heavy (non-hydrogen) atoms. The van der Waals surface area contributed by atoms with Crippen LogP contribution in [0.2, 0.25) is 0 Å². The predicted molar refractivity (Wildman–Crippen MR) is 301 cm³/mol. The average Bonchev–Trinajstić information content (AvgIpc) is 4.14. The lowest BCUT2D eigenvalue weighted by atomic mass is 9.90. The second-order valence-corrected chi connectivity index (χ2v) is 21.0. The summed E-state index contributed by atoms with van der Waals surface area (Å²) in [4.78, 5) is 67.7. The number of hydrogen-bond acceptors (Lipinski definition) is 12. The molecule has 0 spiro atoms. The predicted octanol–water partition coefficient (Wildman–Crippen LogP) is 9.51. The van der Waals surface area contributed by atoms with Crippen LogP contribution >= 0.6 is 0 Å². The zero-order chi connectivity index (χ0) is 58.9. The SMILES string of the molecule is Cc1cc(C)n2c1C=C1C=CC(CCC(=O)NCc3cn(-c4cccc(C(=O)N[C@@H](CCCCNC(=O)OC(C)(C)C)C(=O)COc5c(F)cc(CNC(=O)c6ccc(N=Nc7ccc(N(C)C)cc7)cc6)cc5F)c4)nn3)=[N+]1[B-]2(F)F. The molecule has 0 unspecified atom stereocenters. The van der Waals surface area contributed by atoms with Gasteiger partial charge >= 0.3 is 13.1 Å². The van der Waals surface area contributed by atoms with Crippen molar-refractivity contribution in [2.45, 2.75) is 91.5 Å². The Morgan fingerprint density at radius 1 is 0.817 bits per heavy atom. The van der Waals surface area contributed by atoms with Gasteiger partial charge in [-0.3, -0.25) is 19.2 Å². The number of rotatable bonds is 23. The Morgan fingerprint density at radius 2 is 1.51 bits per heavy atom. The topological polar surface area (TPSA) is 219 Å². The minimum absolute atomic E-state index is 0.0278. The van der Waals surface area contributed by atoms with Crippen molar-refractivity contribution in [3.8, 4) is 11.4 Å². The molecule has 6 aromatic rings. The number of carbonyl (C=O) groups excluding carboxylic acids is 5. The first-order valence-corrected chi connectivity index (χ1v) is 26.6. The Morgan fingerprint density at radius 3 is 2.20 bits per heavy atom. The van der Waals surface area contributed by atoms with Crippen LogP contribution in [-0.4, -0.2) is 105 Å². The summed E-state index contributed by atoms with van der Waals surface area (Å²) < 4.78 is 76.8. The quantitative estimate of drug-likeness (QED) is 0.0206. The van der Waals surface area contributed by atoms with Crippen molar-refractivity contribution < 1.29 is 55.3 Å². The van der Waals surface area contributed by atoms with Crippen molar-refractivity contribution in [1.82, 2.24) is 40.7 Å². The molecule has 24 heteroatoms. The first kappa shape index (κ1) is 58.9. The molecule has 2 aliphatic heterocycles. The maximum absolute atomic E-state index is 15.9. The van der Waals surface area contributed by atoms with Crippen LogP contribution in [0.5, 0.6) is 5.75 Å². The third-order valence-corrected chi connectivity index (χ3v) is 13.3. The van der Waals surface area contributed by atoms with Gasteiger partial charge in [0.1, 0.15) is 23.6 Å². The van der Waals surface area contributed by atoms with Gasteiger partial charge in [-0.05, 0) is 156 Å². The van der Waals surface area contributed by atoms with Gasteiger partial charge in [-0.15, -0.1) is 5.10 Å². The van der Waals surface area contributed by atoms with Gasteiger partial charge in [0, 0.05) is 80.8 Å². The summed E-state index contributed by atoms with van der Waals surface area (Å²) in [6, 6.07) is 22.5. The van der Waals surface area contributed by atoms with Gasteiger partial charge in [0.05, 0.1) is 35.8 Å². The molecule has 8 rings (SSSR count). The normalized spacial score (nSPS) is 13.7. The van der Waals surface area contributed by atoms with E-state index in [1.165, 1.54) is 23.0 Å². The highest BCUT2D eigenvalue weighted by Gasteiger charge is 2.52. The molecule has 0 fully saturated rings. The van der Waals surface area contributed by atoms with Gasteiger partial charge in [0.15, 0.2) is 28.9 Å². The Bertz CT molecular complexity index is 3490. The largest absolute Gasteiger partial charge is 0.737 e. The van der Waals surface area contributed by atoms with Crippen LogP contribution in [0, 0.1) is 25.5 Å². The first-order valence-electron chi connectivity index (χ1n) is 26.6. The van der Waals surface area contributed by atoms with Crippen molar-refractivity contribution >= 4 is 65.4 Å². The lowest BCUT2D eigenvalue weighted by Crippen LogP contribution is -2.50. The number of azo groups is 1.